The van der Waals surface area contributed by atoms with E-state index in [1.165, 1.54) is 12.5 Å². The molecular weight excluding hydrogens is 353 g/mol. The van der Waals surface area contributed by atoms with Crippen molar-refractivity contribution >= 4 is 0 Å². The molecule has 2 aliphatic rings. The molecule has 0 atom stereocenters. The van der Waals surface area contributed by atoms with Crippen molar-refractivity contribution in [2.45, 2.75) is 70.5 Å². The van der Waals surface area contributed by atoms with E-state index in [9.17, 15) is 4.39 Å². The highest BCUT2D eigenvalue weighted by Gasteiger charge is 2.32. The number of nitrogens with zero attached hydrogens (tertiary/aromatic N) is 1. The first-order valence-corrected chi connectivity index (χ1v) is 10.8. The summed E-state index contributed by atoms with van der Waals surface area (Å²) < 4.78 is 26.0. The highest BCUT2D eigenvalue weighted by atomic mass is 19.1. The van der Waals surface area contributed by atoms with Gasteiger partial charge in [-0.3, -0.25) is 0 Å². The zero-order valence-corrected chi connectivity index (χ0v) is 16.9. The first-order valence-electron chi connectivity index (χ1n) is 10.8. The van der Waals surface area contributed by atoms with Gasteiger partial charge < -0.3 is 9.47 Å². The lowest BCUT2D eigenvalue weighted by Crippen LogP contribution is -2.38. The Morgan fingerprint density at radius 2 is 1.89 bits per heavy atom. The van der Waals surface area contributed by atoms with Gasteiger partial charge >= 0.3 is 0 Å². The monoisotopic (exact) mass is 385 g/mol. The molecule has 2 fully saturated rings. The van der Waals surface area contributed by atoms with E-state index < -0.39 is 5.82 Å². The van der Waals surface area contributed by atoms with Crippen LogP contribution in [0.2, 0.25) is 0 Å². The number of benzene rings is 1. The van der Waals surface area contributed by atoms with Crippen LogP contribution in [0.5, 0.6) is 0 Å². The lowest BCUT2D eigenvalue weighted by molar-refractivity contribution is -0.229. The molecule has 152 valence electrons. The van der Waals surface area contributed by atoms with Crippen molar-refractivity contribution in [2.75, 3.05) is 13.2 Å². The Labute approximate surface area is 168 Å². The molecule has 0 radical (unpaired) electrons. The van der Waals surface area contributed by atoms with Gasteiger partial charge in [-0.1, -0.05) is 25.1 Å². The van der Waals surface area contributed by atoms with Crippen LogP contribution in [0.1, 0.15) is 75.3 Å². The van der Waals surface area contributed by atoms with Crippen LogP contribution in [0.3, 0.4) is 0 Å². The predicted molar refractivity (Wildman–Crippen MR) is 108 cm³/mol. The molecule has 1 saturated heterocycles. The van der Waals surface area contributed by atoms with Crippen molar-refractivity contribution in [3.63, 3.8) is 0 Å². The average molecular weight is 386 g/mol. The average Bonchev–Trinajstić information content (AvgIpc) is 2.74. The molecule has 4 heteroatoms. The van der Waals surface area contributed by atoms with Gasteiger partial charge in [-0.05, 0) is 75.0 Å². The Bertz CT molecular complexity index is 680. The number of nitriles is 1. The Kier molecular flexibility index (Phi) is 8.06. The van der Waals surface area contributed by atoms with Gasteiger partial charge in [0.1, 0.15) is 11.9 Å². The molecule has 28 heavy (non-hydrogen) atoms. The normalized spacial score (nSPS) is 28.3. The number of unbranched alkanes of at least 4 members (excludes halogenated alkanes) is 1. The third kappa shape index (κ3) is 5.65. The number of allylic oxidation sites excluding steroid dienone is 2. The Balaban J connectivity index is 1.39. The Morgan fingerprint density at radius 1 is 1.14 bits per heavy atom. The molecule has 1 aromatic carbocycles. The summed E-state index contributed by atoms with van der Waals surface area (Å²) in [5, 5.41) is 8.88. The molecule has 1 saturated carbocycles. The van der Waals surface area contributed by atoms with E-state index in [2.05, 4.69) is 19.1 Å². The highest BCUT2D eigenvalue weighted by molar-refractivity contribution is 5.34. The van der Waals surface area contributed by atoms with Gasteiger partial charge in [0.2, 0.25) is 0 Å². The third-order valence-electron chi connectivity index (χ3n) is 6.12. The second-order valence-electron chi connectivity index (χ2n) is 8.17. The van der Waals surface area contributed by atoms with Crippen molar-refractivity contribution in [3.05, 3.63) is 47.3 Å². The van der Waals surface area contributed by atoms with Gasteiger partial charge in [0.05, 0.1) is 18.8 Å². The fourth-order valence-corrected chi connectivity index (χ4v) is 4.41. The summed E-state index contributed by atoms with van der Waals surface area (Å²) in [6.45, 7) is 3.78. The molecule has 3 nitrogen and oxygen atoms in total. The van der Waals surface area contributed by atoms with Gasteiger partial charge in [-0.25, -0.2) is 4.39 Å². The van der Waals surface area contributed by atoms with Gasteiger partial charge in [0.15, 0.2) is 6.29 Å². The van der Waals surface area contributed by atoms with Gasteiger partial charge in [0, 0.05) is 11.8 Å². The number of hydrogen-bond acceptors (Lipinski definition) is 3. The zero-order valence-electron chi connectivity index (χ0n) is 16.9. The van der Waals surface area contributed by atoms with Gasteiger partial charge in [-0.2, -0.15) is 5.26 Å². The van der Waals surface area contributed by atoms with E-state index in [1.807, 2.05) is 12.1 Å². The molecule has 0 N–H and O–H groups in total. The molecule has 0 unspecified atom stereocenters. The smallest absolute Gasteiger partial charge is 0.160 e. The third-order valence-corrected chi connectivity index (χ3v) is 6.12. The minimum Gasteiger partial charge on any atom is -0.352 e. The van der Waals surface area contributed by atoms with Crippen molar-refractivity contribution in [3.8, 4) is 6.07 Å². The maximum absolute atomic E-state index is 13.9. The van der Waals surface area contributed by atoms with Crippen molar-refractivity contribution in [2.24, 2.45) is 11.8 Å². The van der Waals surface area contributed by atoms with E-state index in [0.717, 1.165) is 63.7 Å². The van der Waals surface area contributed by atoms with Crippen LogP contribution < -0.4 is 0 Å². The summed E-state index contributed by atoms with van der Waals surface area (Å²) in [5.74, 6) is 0.917. The van der Waals surface area contributed by atoms with E-state index in [4.69, 9.17) is 14.7 Å². The van der Waals surface area contributed by atoms with Crippen LogP contribution in [0, 0.1) is 29.0 Å². The quantitative estimate of drug-likeness (QED) is 0.421. The highest BCUT2D eigenvalue weighted by Crippen LogP contribution is 2.39. The molecule has 0 spiro atoms. The molecule has 0 amide bonds. The molecule has 3 rings (SSSR count). The van der Waals surface area contributed by atoms with E-state index in [1.54, 1.807) is 6.07 Å². The summed E-state index contributed by atoms with van der Waals surface area (Å²) in [4.78, 5) is 0. The topological polar surface area (TPSA) is 42.2 Å². The molecule has 0 bridgehead atoms. The van der Waals surface area contributed by atoms with Gasteiger partial charge in [0.25, 0.3) is 0 Å². The summed E-state index contributed by atoms with van der Waals surface area (Å²) in [6.07, 6.45) is 13.2. The first-order chi connectivity index (χ1) is 13.7. The molecule has 1 aromatic rings. The maximum atomic E-state index is 13.9. The number of halogens is 1. The van der Waals surface area contributed by atoms with Crippen molar-refractivity contribution in [1.29, 1.82) is 5.26 Å². The number of ether oxygens (including phenoxy) is 2. The van der Waals surface area contributed by atoms with Crippen LogP contribution in [-0.2, 0) is 9.47 Å². The molecule has 0 aromatic heterocycles. The summed E-state index contributed by atoms with van der Waals surface area (Å²) in [6, 6.07) is 6.93. The SMILES string of the molecule is CC/C=C\CCC[C@H]1CO[C@H](C2CCC(c3ccc(C#N)c(F)c3)CC2)OC1. The van der Waals surface area contributed by atoms with E-state index >= 15 is 0 Å². The van der Waals surface area contributed by atoms with Crippen LogP contribution in [0.15, 0.2) is 30.4 Å². The van der Waals surface area contributed by atoms with E-state index in [-0.39, 0.29) is 11.9 Å². The number of hydrogen-bond donors (Lipinski definition) is 0. The lowest BCUT2D eigenvalue weighted by Gasteiger charge is -2.37. The summed E-state index contributed by atoms with van der Waals surface area (Å²) in [5.41, 5.74) is 1.13. The van der Waals surface area contributed by atoms with E-state index in [0.29, 0.717) is 17.8 Å². The largest absolute Gasteiger partial charge is 0.352 e. The number of rotatable bonds is 7. The van der Waals surface area contributed by atoms with Crippen molar-refractivity contribution < 1.29 is 13.9 Å². The van der Waals surface area contributed by atoms with Crippen LogP contribution in [-0.4, -0.2) is 19.5 Å². The lowest BCUT2D eigenvalue weighted by atomic mass is 9.78. The summed E-state index contributed by atoms with van der Waals surface area (Å²) >= 11 is 0. The van der Waals surface area contributed by atoms with Crippen LogP contribution >= 0.6 is 0 Å². The second kappa shape index (κ2) is 10.7. The minimum atomic E-state index is -0.405. The maximum Gasteiger partial charge on any atom is 0.160 e. The fourth-order valence-electron chi connectivity index (χ4n) is 4.41. The molecule has 1 aliphatic heterocycles. The van der Waals surface area contributed by atoms with Crippen LogP contribution in [0.25, 0.3) is 0 Å². The predicted octanol–water partition coefficient (Wildman–Crippen LogP) is 6.10. The molecule has 1 aliphatic carbocycles. The minimum absolute atomic E-state index is 0.0742. The van der Waals surface area contributed by atoms with Crippen LogP contribution in [0.4, 0.5) is 4.39 Å². The summed E-state index contributed by atoms with van der Waals surface area (Å²) in [7, 11) is 0. The Hall–Kier alpha value is -1.70. The second-order valence-corrected chi connectivity index (χ2v) is 8.17. The fraction of sp³-hybridized carbons (Fsp3) is 0.625. The Morgan fingerprint density at radius 3 is 2.54 bits per heavy atom. The van der Waals surface area contributed by atoms with Gasteiger partial charge in [-0.15, -0.1) is 0 Å². The van der Waals surface area contributed by atoms with Crippen molar-refractivity contribution in [1.82, 2.24) is 0 Å². The molecule has 1 heterocycles. The zero-order chi connectivity index (χ0) is 19.8. The first kappa shape index (κ1) is 21.0. The standard InChI is InChI=1S/C24H32FNO2/c1-2-3-4-5-6-7-18-16-27-24(28-17-18)20-10-8-19(9-11-20)21-12-13-22(15-26)23(25)14-21/h3-4,12-14,18-20,24H,2,5-11,16-17H2,1H3/b4-3-/t18-,19?,20?,24-. The molecular formula is C24H32FNO2.